The van der Waals surface area contributed by atoms with Crippen LogP contribution in [0.25, 0.3) is 15.2 Å². The number of nitrogens with zero attached hydrogens (tertiary/aromatic N) is 2. The Morgan fingerprint density at radius 3 is 2.88 bits per heavy atom. The molecule has 0 radical (unpaired) electrons. The van der Waals surface area contributed by atoms with E-state index < -0.39 is 6.10 Å². The van der Waals surface area contributed by atoms with Gasteiger partial charge in [0.25, 0.3) is 0 Å². The fraction of sp³-hybridized carbons (Fsp3) is 0.250. The van der Waals surface area contributed by atoms with E-state index in [2.05, 4.69) is 21.5 Å². The number of aliphatic hydroxyl groups excluding tert-OH is 1. The Hall–Kier alpha value is -1.39. The maximum atomic E-state index is 9.81. The van der Waals surface area contributed by atoms with Gasteiger partial charge in [-0.15, -0.1) is 0 Å². The SMILES string of the molecule is Cc1nc2sc3ccccc3n2c1C(C)O. The second kappa shape index (κ2) is 3.30. The zero-order valence-corrected chi connectivity index (χ0v) is 9.95. The highest BCUT2D eigenvalue weighted by molar-refractivity contribution is 7.23. The van der Waals surface area contributed by atoms with Crippen LogP contribution in [0.1, 0.15) is 24.4 Å². The van der Waals surface area contributed by atoms with Gasteiger partial charge in [0.05, 0.1) is 27.7 Å². The van der Waals surface area contributed by atoms with Crippen LogP contribution in [-0.2, 0) is 0 Å². The Morgan fingerprint density at radius 1 is 1.38 bits per heavy atom. The number of thiazole rings is 1. The first-order valence-corrected chi connectivity index (χ1v) is 6.04. The summed E-state index contributed by atoms with van der Waals surface area (Å²) < 4.78 is 3.26. The van der Waals surface area contributed by atoms with E-state index in [0.717, 1.165) is 21.9 Å². The zero-order valence-electron chi connectivity index (χ0n) is 9.14. The van der Waals surface area contributed by atoms with Crippen molar-refractivity contribution in [3.05, 3.63) is 35.7 Å². The van der Waals surface area contributed by atoms with Crippen molar-refractivity contribution in [2.24, 2.45) is 0 Å². The average Bonchev–Trinajstić information content (AvgIpc) is 2.71. The minimum Gasteiger partial charge on any atom is -0.387 e. The fourth-order valence-corrected chi connectivity index (χ4v) is 3.21. The van der Waals surface area contributed by atoms with Gasteiger partial charge in [-0.25, -0.2) is 4.98 Å². The van der Waals surface area contributed by atoms with Crippen molar-refractivity contribution in [1.29, 1.82) is 0 Å². The molecule has 1 N–H and O–H groups in total. The summed E-state index contributed by atoms with van der Waals surface area (Å²) in [5.74, 6) is 0. The van der Waals surface area contributed by atoms with Crippen molar-refractivity contribution < 1.29 is 5.11 Å². The van der Waals surface area contributed by atoms with Crippen LogP contribution in [0.4, 0.5) is 0 Å². The molecule has 16 heavy (non-hydrogen) atoms. The summed E-state index contributed by atoms with van der Waals surface area (Å²) in [5.41, 5.74) is 2.93. The molecule has 2 heterocycles. The van der Waals surface area contributed by atoms with Crippen LogP contribution in [0.15, 0.2) is 24.3 Å². The summed E-state index contributed by atoms with van der Waals surface area (Å²) in [6.45, 7) is 3.72. The lowest BCUT2D eigenvalue weighted by Gasteiger charge is -2.04. The molecule has 1 atom stereocenters. The lowest BCUT2D eigenvalue weighted by atomic mass is 10.2. The molecular formula is C12H12N2OS. The Bertz CT molecular complexity index is 666. The molecule has 1 aromatic carbocycles. The number of aliphatic hydroxyl groups is 1. The molecule has 0 aliphatic heterocycles. The first-order valence-electron chi connectivity index (χ1n) is 5.23. The topological polar surface area (TPSA) is 37.5 Å². The molecule has 3 aromatic rings. The van der Waals surface area contributed by atoms with E-state index in [-0.39, 0.29) is 0 Å². The van der Waals surface area contributed by atoms with E-state index in [1.165, 1.54) is 4.70 Å². The fourth-order valence-electron chi connectivity index (χ4n) is 2.13. The van der Waals surface area contributed by atoms with Crippen LogP contribution >= 0.6 is 11.3 Å². The second-order valence-electron chi connectivity index (χ2n) is 3.95. The van der Waals surface area contributed by atoms with Gasteiger partial charge in [-0.3, -0.25) is 4.40 Å². The van der Waals surface area contributed by atoms with Gasteiger partial charge in [0, 0.05) is 0 Å². The van der Waals surface area contributed by atoms with Crippen LogP contribution < -0.4 is 0 Å². The normalized spacial score (nSPS) is 13.7. The maximum Gasteiger partial charge on any atom is 0.195 e. The number of para-hydroxylation sites is 1. The number of benzene rings is 1. The molecule has 0 saturated heterocycles. The predicted molar refractivity (Wildman–Crippen MR) is 65.9 cm³/mol. The van der Waals surface area contributed by atoms with Gasteiger partial charge >= 0.3 is 0 Å². The first kappa shape index (κ1) is 9.81. The van der Waals surface area contributed by atoms with E-state index in [0.29, 0.717) is 0 Å². The van der Waals surface area contributed by atoms with Gasteiger partial charge in [0.15, 0.2) is 4.96 Å². The number of fused-ring (bicyclic) bond motifs is 3. The molecule has 0 aliphatic carbocycles. The third-order valence-corrected chi connectivity index (χ3v) is 3.79. The van der Waals surface area contributed by atoms with Crippen LogP contribution in [0.3, 0.4) is 0 Å². The summed E-state index contributed by atoms with van der Waals surface area (Å²) in [4.78, 5) is 5.45. The van der Waals surface area contributed by atoms with Crippen molar-refractivity contribution in [2.45, 2.75) is 20.0 Å². The van der Waals surface area contributed by atoms with Crippen LogP contribution in [0.2, 0.25) is 0 Å². The minimum absolute atomic E-state index is 0.493. The molecule has 4 heteroatoms. The van der Waals surface area contributed by atoms with Gasteiger partial charge in [-0.2, -0.15) is 0 Å². The van der Waals surface area contributed by atoms with E-state index in [9.17, 15) is 5.11 Å². The lowest BCUT2D eigenvalue weighted by molar-refractivity contribution is 0.193. The Labute approximate surface area is 97.0 Å². The molecule has 0 amide bonds. The predicted octanol–water partition coefficient (Wildman–Crippen LogP) is 2.91. The molecule has 1 unspecified atom stereocenters. The van der Waals surface area contributed by atoms with Crippen molar-refractivity contribution in [3.63, 3.8) is 0 Å². The van der Waals surface area contributed by atoms with Gasteiger partial charge in [-0.1, -0.05) is 23.5 Å². The molecular weight excluding hydrogens is 220 g/mol. The summed E-state index contributed by atoms with van der Waals surface area (Å²) in [5, 5.41) is 9.81. The molecule has 0 fully saturated rings. The third kappa shape index (κ3) is 1.20. The first-order chi connectivity index (χ1) is 7.68. The van der Waals surface area contributed by atoms with E-state index in [4.69, 9.17) is 0 Å². The van der Waals surface area contributed by atoms with Crippen molar-refractivity contribution in [1.82, 2.24) is 9.38 Å². The molecule has 0 spiro atoms. The number of aromatic nitrogens is 2. The highest BCUT2D eigenvalue weighted by atomic mass is 32.1. The number of rotatable bonds is 1. The largest absolute Gasteiger partial charge is 0.387 e. The van der Waals surface area contributed by atoms with E-state index in [1.54, 1.807) is 18.3 Å². The highest BCUT2D eigenvalue weighted by Crippen LogP contribution is 2.30. The quantitative estimate of drug-likeness (QED) is 0.700. The maximum absolute atomic E-state index is 9.81. The van der Waals surface area contributed by atoms with Crippen LogP contribution in [0.5, 0.6) is 0 Å². The Morgan fingerprint density at radius 2 is 2.12 bits per heavy atom. The van der Waals surface area contributed by atoms with Crippen LogP contribution in [0, 0.1) is 6.92 Å². The minimum atomic E-state index is -0.493. The molecule has 3 nitrogen and oxygen atoms in total. The van der Waals surface area contributed by atoms with E-state index >= 15 is 0 Å². The molecule has 82 valence electrons. The third-order valence-electron chi connectivity index (χ3n) is 2.77. The molecule has 0 saturated carbocycles. The highest BCUT2D eigenvalue weighted by Gasteiger charge is 2.17. The van der Waals surface area contributed by atoms with Crippen molar-refractivity contribution >= 4 is 26.5 Å². The summed E-state index contributed by atoms with van der Waals surface area (Å²) in [6.07, 6.45) is -0.493. The number of imidazole rings is 1. The lowest BCUT2D eigenvalue weighted by Crippen LogP contribution is -1.98. The Balaban J connectivity index is 2.52. The van der Waals surface area contributed by atoms with Gasteiger partial charge in [0.1, 0.15) is 0 Å². The number of hydrogen-bond donors (Lipinski definition) is 1. The van der Waals surface area contributed by atoms with E-state index in [1.807, 2.05) is 19.1 Å². The smallest absolute Gasteiger partial charge is 0.195 e. The summed E-state index contributed by atoms with van der Waals surface area (Å²) >= 11 is 1.65. The van der Waals surface area contributed by atoms with Crippen LogP contribution in [-0.4, -0.2) is 14.5 Å². The zero-order chi connectivity index (χ0) is 11.3. The molecule has 3 rings (SSSR count). The second-order valence-corrected chi connectivity index (χ2v) is 4.96. The summed E-state index contributed by atoms with van der Waals surface area (Å²) in [6, 6.07) is 8.17. The number of aryl methyl sites for hydroxylation is 1. The van der Waals surface area contributed by atoms with Gasteiger partial charge < -0.3 is 5.11 Å². The van der Waals surface area contributed by atoms with Gasteiger partial charge in [0.2, 0.25) is 0 Å². The standard InChI is InChI=1S/C12H12N2OS/c1-7-11(8(2)15)14-9-5-3-4-6-10(9)16-12(14)13-7/h3-6,8,15H,1-2H3. The van der Waals surface area contributed by atoms with Crippen molar-refractivity contribution in [2.75, 3.05) is 0 Å². The molecule has 0 bridgehead atoms. The monoisotopic (exact) mass is 232 g/mol. The average molecular weight is 232 g/mol. The molecule has 0 aliphatic rings. The Kier molecular flexibility index (Phi) is 2.02. The molecule has 2 aromatic heterocycles. The van der Waals surface area contributed by atoms with Gasteiger partial charge in [-0.05, 0) is 26.0 Å². The summed E-state index contributed by atoms with van der Waals surface area (Å²) in [7, 11) is 0. The number of hydrogen-bond acceptors (Lipinski definition) is 3. The van der Waals surface area contributed by atoms with Crippen molar-refractivity contribution in [3.8, 4) is 0 Å².